The van der Waals surface area contributed by atoms with E-state index >= 15 is 0 Å². The number of rotatable bonds is 4. The van der Waals surface area contributed by atoms with Gasteiger partial charge in [0, 0.05) is 7.05 Å². The second-order valence-electron chi connectivity index (χ2n) is 5.97. The highest BCUT2D eigenvalue weighted by molar-refractivity contribution is 6.02. The van der Waals surface area contributed by atoms with Gasteiger partial charge < -0.3 is 9.64 Å². The van der Waals surface area contributed by atoms with Crippen molar-refractivity contribution in [3.63, 3.8) is 0 Å². The fourth-order valence-electron chi connectivity index (χ4n) is 2.75. The fraction of sp³-hybridized carbons (Fsp3) is 0.263. The lowest BCUT2D eigenvalue weighted by molar-refractivity contribution is -0.132. The molecular formula is C19H19FN2O3. The van der Waals surface area contributed by atoms with E-state index in [9.17, 15) is 14.0 Å². The molecule has 6 heteroatoms. The monoisotopic (exact) mass is 342 g/mol. The molecule has 1 heterocycles. The number of para-hydroxylation sites is 2. The van der Waals surface area contributed by atoms with Crippen molar-refractivity contribution in [1.82, 2.24) is 4.90 Å². The van der Waals surface area contributed by atoms with Gasteiger partial charge in [-0.1, -0.05) is 24.3 Å². The topological polar surface area (TPSA) is 49.9 Å². The minimum absolute atomic E-state index is 0.0682. The van der Waals surface area contributed by atoms with Crippen molar-refractivity contribution in [2.24, 2.45) is 0 Å². The Bertz CT molecular complexity index is 792. The van der Waals surface area contributed by atoms with Crippen LogP contribution in [-0.2, 0) is 9.59 Å². The first-order valence-electron chi connectivity index (χ1n) is 8.00. The number of nitrogens with zero attached hydrogens (tertiary/aromatic N) is 2. The Kier molecular flexibility index (Phi) is 4.70. The maximum Gasteiger partial charge on any atom is 0.265 e. The molecule has 0 spiro atoms. The van der Waals surface area contributed by atoms with E-state index < -0.39 is 0 Å². The number of hydrogen-bond acceptors (Lipinski definition) is 3. The molecule has 0 radical (unpaired) electrons. The quantitative estimate of drug-likeness (QED) is 0.858. The summed E-state index contributed by atoms with van der Waals surface area (Å²) in [6.45, 7) is 1.71. The van der Waals surface area contributed by atoms with Gasteiger partial charge in [0.05, 0.1) is 11.7 Å². The zero-order valence-electron chi connectivity index (χ0n) is 14.1. The largest absolute Gasteiger partial charge is 0.482 e. The number of halogens is 1. The molecule has 0 aromatic heterocycles. The number of amides is 2. The van der Waals surface area contributed by atoms with Crippen molar-refractivity contribution < 1.29 is 18.7 Å². The van der Waals surface area contributed by atoms with Crippen molar-refractivity contribution in [2.45, 2.75) is 13.0 Å². The van der Waals surface area contributed by atoms with Crippen molar-refractivity contribution >= 4 is 17.5 Å². The van der Waals surface area contributed by atoms with Gasteiger partial charge in [-0.15, -0.1) is 0 Å². The lowest BCUT2D eigenvalue weighted by Gasteiger charge is -2.32. The second-order valence-corrected chi connectivity index (χ2v) is 5.97. The smallest absolute Gasteiger partial charge is 0.265 e. The maximum absolute atomic E-state index is 13.1. The van der Waals surface area contributed by atoms with E-state index in [2.05, 4.69) is 0 Å². The van der Waals surface area contributed by atoms with Crippen molar-refractivity contribution in [1.29, 1.82) is 0 Å². The number of ether oxygens (including phenoxy) is 1. The molecule has 0 N–H and O–H groups in total. The normalized spacial score (nSPS) is 14.5. The summed E-state index contributed by atoms with van der Waals surface area (Å²) < 4.78 is 18.5. The summed E-state index contributed by atoms with van der Waals surface area (Å²) in [5, 5.41) is 0. The van der Waals surface area contributed by atoms with E-state index in [0.717, 1.165) is 5.56 Å². The van der Waals surface area contributed by atoms with Crippen molar-refractivity contribution in [3.8, 4) is 5.75 Å². The van der Waals surface area contributed by atoms with Gasteiger partial charge in [0.1, 0.15) is 18.1 Å². The Morgan fingerprint density at radius 3 is 2.64 bits per heavy atom. The van der Waals surface area contributed by atoms with Crippen molar-refractivity contribution in [2.75, 3.05) is 25.1 Å². The van der Waals surface area contributed by atoms with Gasteiger partial charge >= 0.3 is 0 Å². The first-order chi connectivity index (χ1) is 12.0. The van der Waals surface area contributed by atoms with Crippen LogP contribution in [0.15, 0.2) is 48.5 Å². The van der Waals surface area contributed by atoms with Gasteiger partial charge in [0.2, 0.25) is 5.91 Å². The van der Waals surface area contributed by atoms with Crippen LogP contribution in [0, 0.1) is 5.82 Å². The molecule has 130 valence electrons. The molecular weight excluding hydrogens is 323 g/mol. The van der Waals surface area contributed by atoms with E-state index in [1.807, 2.05) is 13.0 Å². The summed E-state index contributed by atoms with van der Waals surface area (Å²) in [7, 11) is 1.67. The van der Waals surface area contributed by atoms with Crippen LogP contribution in [0.1, 0.15) is 18.5 Å². The van der Waals surface area contributed by atoms with Gasteiger partial charge in [-0.25, -0.2) is 4.39 Å². The van der Waals surface area contributed by atoms with Crippen LogP contribution in [0.5, 0.6) is 5.75 Å². The first kappa shape index (κ1) is 17.0. The molecule has 0 aliphatic carbocycles. The van der Waals surface area contributed by atoms with Gasteiger partial charge in [-0.3, -0.25) is 14.5 Å². The van der Waals surface area contributed by atoms with E-state index in [-0.39, 0.29) is 36.8 Å². The lowest BCUT2D eigenvalue weighted by atomic mass is 10.1. The van der Waals surface area contributed by atoms with Gasteiger partial charge in [-0.2, -0.15) is 0 Å². The van der Waals surface area contributed by atoms with Crippen LogP contribution in [0.3, 0.4) is 0 Å². The number of hydrogen-bond donors (Lipinski definition) is 0. The summed E-state index contributed by atoms with van der Waals surface area (Å²) in [6, 6.07) is 12.9. The van der Waals surface area contributed by atoms with E-state index in [1.54, 1.807) is 42.3 Å². The third-order valence-corrected chi connectivity index (χ3v) is 4.43. The number of carbonyl (C=O) groups excluding carboxylic acids is 2. The Balaban J connectivity index is 1.75. The third-order valence-electron chi connectivity index (χ3n) is 4.43. The molecule has 0 saturated carbocycles. The van der Waals surface area contributed by atoms with Crippen LogP contribution in [-0.4, -0.2) is 36.9 Å². The maximum atomic E-state index is 13.1. The standard InChI is InChI=1S/C19H19FN2O3/c1-13(14-7-9-15(20)10-8-14)21(2)18(23)11-22-16-5-3-4-6-17(16)25-12-19(22)24/h3-10,13H,11-12H2,1-2H3. The first-order valence-corrected chi connectivity index (χ1v) is 8.00. The van der Waals surface area contributed by atoms with E-state index in [4.69, 9.17) is 4.74 Å². The Labute approximate surface area is 145 Å². The summed E-state index contributed by atoms with van der Waals surface area (Å²) in [5.74, 6) is -0.193. The molecule has 2 aromatic rings. The van der Waals surface area contributed by atoms with Crippen LogP contribution in [0.2, 0.25) is 0 Å². The Hall–Kier alpha value is -2.89. The number of likely N-dealkylation sites (N-methyl/N-ethyl adjacent to an activating group) is 1. The summed E-state index contributed by atoms with van der Waals surface area (Å²) >= 11 is 0. The highest BCUT2D eigenvalue weighted by Gasteiger charge is 2.29. The summed E-state index contributed by atoms with van der Waals surface area (Å²) in [4.78, 5) is 27.8. The average molecular weight is 342 g/mol. The average Bonchev–Trinajstić information content (AvgIpc) is 2.63. The molecule has 0 saturated heterocycles. The molecule has 1 aliphatic rings. The number of carbonyl (C=O) groups is 2. The van der Waals surface area contributed by atoms with Crippen LogP contribution < -0.4 is 9.64 Å². The molecule has 0 bridgehead atoms. The Morgan fingerprint density at radius 2 is 1.92 bits per heavy atom. The molecule has 2 amide bonds. The SMILES string of the molecule is CC(c1ccc(F)cc1)N(C)C(=O)CN1C(=O)COc2ccccc21. The minimum Gasteiger partial charge on any atom is -0.482 e. The molecule has 0 fully saturated rings. The summed E-state index contributed by atoms with van der Waals surface area (Å²) in [5.41, 5.74) is 1.42. The molecule has 25 heavy (non-hydrogen) atoms. The number of benzene rings is 2. The molecule has 2 aromatic carbocycles. The fourth-order valence-corrected chi connectivity index (χ4v) is 2.75. The minimum atomic E-state index is -0.319. The Morgan fingerprint density at radius 1 is 1.24 bits per heavy atom. The lowest BCUT2D eigenvalue weighted by Crippen LogP contribution is -2.46. The predicted molar refractivity (Wildman–Crippen MR) is 91.9 cm³/mol. The molecule has 5 nitrogen and oxygen atoms in total. The van der Waals surface area contributed by atoms with Crippen LogP contribution in [0.4, 0.5) is 10.1 Å². The van der Waals surface area contributed by atoms with Gasteiger partial charge in [-0.05, 0) is 36.8 Å². The molecule has 3 rings (SSSR count). The second kappa shape index (κ2) is 6.93. The van der Waals surface area contributed by atoms with Crippen molar-refractivity contribution in [3.05, 3.63) is 59.9 Å². The number of fused-ring (bicyclic) bond motifs is 1. The zero-order chi connectivity index (χ0) is 18.0. The predicted octanol–water partition coefficient (Wildman–Crippen LogP) is 2.77. The summed E-state index contributed by atoms with van der Waals surface area (Å²) in [6.07, 6.45) is 0. The highest BCUT2D eigenvalue weighted by atomic mass is 19.1. The van der Waals surface area contributed by atoms with Crippen LogP contribution in [0.25, 0.3) is 0 Å². The molecule has 1 atom stereocenters. The molecule has 1 aliphatic heterocycles. The van der Waals surface area contributed by atoms with E-state index in [0.29, 0.717) is 11.4 Å². The highest BCUT2D eigenvalue weighted by Crippen LogP contribution is 2.31. The zero-order valence-corrected chi connectivity index (χ0v) is 14.1. The third kappa shape index (κ3) is 3.47. The van der Waals surface area contributed by atoms with Crippen LogP contribution >= 0.6 is 0 Å². The number of anilines is 1. The van der Waals surface area contributed by atoms with Gasteiger partial charge in [0.25, 0.3) is 5.91 Å². The van der Waals surface area contributed by atoms with Gasteiger partial charge in [0.15, 0.2) is 6.61 Å². The molecule has 1 unspecified atom stereocenters. The van der Waals surface area contributed by atoms with E-state index in [1.165, 1.54) is 17.0 Å².